The van der Waals surface area contributed by atoms with Crippen LogP contribution in [0, 0.1) is 17.8 Å². The summed E-state index contributed by atoms with van der Waals surface area (Å²) in [5.74, 6) is 2.17. The predicted octanol–water partition coefficient (Wildman–Crippen LogP) is 2.69. The molecule has 4 rings (SSSR count). The third kappa shape index (κ3) is 4.08. The number of ether oxygens (including phenoxy) is 1. The third-order valence-corrected chi connectivity index (χ3v) is 6.10. The molecule has 1 N–H and O–H groups in total. The number of piperidine rings is 1. The molecule has 1 aromatic rings. The molecule has 7 heteroatoms. The number of carbonyl (C=O) groups is 2. The number of aromatic nitrogens is 1. The number of hydrogen-bond donors (Lipinski definition) is 1. The van der Waals surface area contributed by atoms with Gasteiger partial charge in [0.15, 0.2) is 0 Å². The van der Waals surface area contributed by atoms with Gasteiger partial charge in [0, 0.05) is 51.0 Å². The highest BCUT2D eigenvalue weighted by Crippen LogP contribution is 2.53. The first-order chi connectivity index (χ1) is 13.3. The Hall–Kier alpha value is -2.31. The Morgan fingerprint density at radius 1 is 1.18 bits per heavy atom. The van der Waals surface area contributed by atoms with Crippen LogP contribution in [0.25, 0.3) is 0 Å². The molecule has 3 amide bonds. The fraction of sp³-hybridized carbons (Fsp3) is 0.667. The number of pyridine rings is 1. The number of carbonyl (C=O) groups excluding carboxylic acids is 2. The molecule has 2 unspecified atom stereocenters. The summed E-state index contributed by atoms with van der Waals surface area (Å²) < 4.78 is 5.44. The average Bonchev–Trinajstić information content (AvgIpc) is 3.03. The maximum atomic E-state index is 12.3. The second kappa shape index (κ2) is 7.26. The van der Waals surface area contributed by atoms with Crippen LogP contribution in [0.5, 0.6) is 0 Å². The van der Waals surface area contributed by atoms with Gasteiger partial charge in [0.05, 0.1) is 0 Å². The summed E-state index contributed by atoms with van der Waals surface area (Å²) in [6.07, 6.45) is 4.44. The van der Waals surface area contributed by atoms with E-state index in [-0.39, 0.29) is 12.1 Å². The van der Waals surface area contributed by atoms with Crippen LogP contribution in [0.3, 0.4) is 0 Å². The van der Waals surface area contributed by atoms with Gasteiger partial charge < -0.3 is 19.9 Å². The van der Waals surface area contributed by atoms with E-state index in [4.69, 9.17) is 4.74 Å². The lowest BCUT2D eigenvalue weighted by Gasteiger charge is -2.39. The van der Waals surface area contributed by atoms with Gasteiger partial charge in [-0.3, -0.25) is 4.98 Å². The number of amides is 3. The highest BCUT2D eigenvalue weighted by Gasteiger charge is 2.56. The molecule has 0 spiro atoms. The summed E-state index contributed by atoms with van der Waals surface area (Å²) in [5.41, 5.74) is 0.757. The van der Waals surface area contributed by atoms with Crippen molar-refractivity contribution in [2.24, 2.45) is 17.8 Å². The van der Waals surface area contributed by atoms with Crippen LogP contribution in [0.1, 0.15) is 38.7 Å². The number of hydrogen-bond acceptors (Lipinski definition) is 4. The minimum Gasteiger partial charge on any atom is -0.444 e. The van der Waals surface area contributed by atoms with Gasteiger partial charge in [0.1, 0.15) is 5.60 Å². The Labute approximate surface area is 166 Å². The molecule has 1 aliphatic carbocycles. The largest absolute Gasteiger partial charge is 0.444 e. The van der Waals surface area contributed by atoms with Gasteiger partial charge in [0.25, 0.3) is 0 Å². The van der Waals surface area contributed by atoms with E-state index in [0.29, 0.717) is 30.2 Å². The van der Waals surface area contributed by atoms with Crippen LogP contribution < -0.4 is 5.32 Å². The highest BCUT2D eigenvalue weighted by atomic mass is 16.6. The van der Waals surface area contributed by atoms with Gasteiger partial charge >= 0.3 is 12.1 Å². The lowest BCUT2D eigenvalue weighted by molar-refractivity contribution is 0.0265. The van der Waals surface area contributed by atoms with E-state index in [1.54, 1.807) is 6.20 Å². The molecule has 28 heavy (non-hydrogen) atoms. The van der Waals surface area contributed by atoms with Crippen molar-refractivity contribution in [1.29, 1.82) is 0 Å². The van der Waals surface area contributed by atoms with Gasteiger partial charge in [-0.05, 0) is 56.6 Å². The van der Waals surface area contributed by atoms with Gasteiger partial charge in [0.2, 0.25) is 0 Å². The molecule has 152 valence electrons. The quantitative estimate of drug-likeness (QED) is 0.863. The summed E-state index contributed by atoms with van der Waals surface area (Å²) in [7, 11) is 0. The van der Waals surface area contributed by atoms with Crippen molar-refractivity contribution in [2.45, 2.75) is 38.7 Å². The van der Waals surface area contributed by atoms with Gasteiger partial charge in [-0.2, -0.15) is 0 Å². The van der Waals surface area contributed by atoms with Crippen LogP contribution in [0.2, 0.25) is 0 Å². The first-order valence-electron chi connectivity index (χ1n) is 10.2. The molecule has 2 saturated heterocycles. The molecule has 3 fully saturated rings. The van der Waals surface area contributed by atoms with E-state index < -0.39 is 5.60 Å². The van der Waals surface area contributed by atoms with Gasteiger partial charge in [-0.25, -0.2) is 9.59 Å². The van der Waals surface area contributed by atoms with Crippen molar-refractivity contribution in [3.8, 4) is 0 Å². The fourth-order valence-corrected chi connectivity index (χ4v) is 4.48. The van der Waals surface area contributed by atoms with Crippen LogP contribution >= 0.6 is 0 Å². The van der Waals surface area contributed by atoms with E-state index >= 15 is 0 Å². The molecule has 1 aromatic heterocycles. The average molecular weight is 386 g/mol. The zero-order chi connectivity index (χ0) is 19.9. The molecule has 0 aromatic carbocycles. The summed E-state index contributed by atoms with van der Waals surface area (Å²) in [6.45, 7) is 9.48. The van der Waals surface area contributed by atoms with Crippen molar-refractivity contribution >= 4 is 12.1 Å². The molecular formula is C21H30N4O3. The smallest absolute Gasteiger partial charge is 0.410 e. The van der Waals surface area contributed by atoms with E-state index in [1.165, 1.54) is 5.56 Å². The highest BCUT2D eigenvalue weighted by molar-refractivity contribution is 5.75. The molecule has 0 radical (unpaired) electrons. The first-order valence-corrected chi connectivity index (χ1v) is 10.2. The van der Waals surface area contributed by atoms with Crippen LogP contribution in [-0.4, -0.2) is 65.2 Å². The van der Waals surface area contributed by atoms with Crippen LogP contribution in [0.15, 0.2) is 24.5 Å². The zero-order valence-electron chi connectivity index (χ0n) is 16.9. The van der Waals surface area contributed by atoms with E-state index in [9.17, 15) is 9.59 Å². The monoisotopic (exact) mass is 386 g/mol. The number of urea groups is 1. The Morgan fingerprint density at radius 3 is 2.50 bits per heavy atom. The van der Waals surface area contributed by atoms with Crippen molar-refractivity contribution in [3.63, 3.8) is 0 Å². The van der Waals surface area contributed by atoms with E-state index in [2.05, 4.69) is 16.4 Å². The van der Waals surface area contributed by atoms with Crippen molar-refractivity contribution < 1.29 is 14.3 Å². The molecule has 2 atom stereocenters. The van der Waals surface area contributed by atoms with Gasteiger partial charge in [-0.15, -0.1) is 0 Å². The summed E-state index contributed by atoms with van der Waals surface area (Å²) in [5, 5.41) is 3.05. The third-order valence-electron chi connectivity index (χ3n) is 6.10. The Bertz CT molecular complexity index is 715. The number of fused-ring (bicyclic) bond motifs is 1. The molecule has 7 nitrogen and oxygen atoms in total. The minimum absolute atomic E-state index is 0.0290. The van der Waals surface area contributed by atoms with Crippen LogP contribution in [0.4, 0.5) is 9.59 Å². The molecule has 3 aliphatic rings. The standard InChI is InChI=1S/C21H30N4O3/c1-21(2,3)28-20(27)25-12-17-16(18(17)13-25)6-8-23-19(26)24-10-15(11-24)14-5-4-7-22-9-14/h4-5,7,9,15-18H,6,8,10-13H2,1-3H3,(H,23,26). The maximum absolute atomic E-state index is 12.3. The van der Waals surface area contributed by atoms with E-state index in [0.717, 1.165) is 32.6 Å². The zero-order valence-corrected chi connectivity index (χ0v) is 16.9. The Balaban J connectivity index is 1.11. The SMILES string of the molecule is CC(C)(C)OC(=O)N1CC2C(CCNC(=O)N3CC(c4cccnc4)C3)C2C1. The molecule has 2 aliphatic heterocycles. The van der Waals surface area contributed by atoms with Gasteiger partial charge in [-0.1, -0.05) is 6.07 Å². The molecular weight excluding hydrogens is 356 g/mol. The number of nitrogens with zero attached hydrogens (tertiary/aromatic N) is 3. The summed E-state index contributed by atoms with van der Waals surface area (Å²) in [6, 6.07) is 4.04. The number of nitrogens with one attached hydrogen (secondary N) is 1. The summed E-state index contributed by atoms with van der Waals surface area (Å²) >= 11 is 0. The topological polar surface area (TPSA) is 74.8 Å². The van der Waals surface area contributed by atoms with Crippen molar-refractivity contribution in [3.05, 3.63) is 30.1 Å². The molecule has 3 heterocycles. The second-order valence-corrected chi connectivity index (χ2v) is 9.29. The van der Waals surface area contributed by atoms with Crippen molar-refractivity contribution in [2.75, 3.05) is 32.7 Å². The van der Waals surface area contributed by atoms with E-state index in [1.807, 2.05) is 42.8 Å². The first kappa shape index (κ1) is 19.0. The van der Waals surface area contributed by atoms with Crippen LogP contribution in [-0.2, 0) is 4.74 Å². The fourth-order valence-electron chi connectivity index (χ4n) is 4.48. The number of rotatable bonds is 4. The lowest BCUT2D eigenvalue weighted by Crippen LogP contribution is -2.52. The minimum atomic E-state index is -0.444. The normalized spacial score (nSPS) is 26.5. The Kier molecular flexibility index (Phi) is 4.93. The Morgan fingerprint density at radius 2 is 1.89 bits per heavy atom. The second-order valence-electron chi connectivity index (χ2n) is 9.29. The lowest BCUT2D eigenvalue weighted by atomic mass is 9.93. The molecule has 1 saturated carbocycles. The molecule has 0 bridgehead atoms. The van der Waals surface area contributed by atoms with Crippen molar-refractivity contribution in [1.82, 2.24) is 20.1 Å². The number of likely N-dealkylation sites (tertiary alicyclic amines) is 2. The summed E-state index contributed by atoms with van der Waals surface area (Å²) in [4.78, 5) is 32.2. The predicted molar refractivity (Wildman–Crippen MR) is 105 cm³/mol. The maximum Gasteiger partial charge on any atom is 0.410 e.